The van der Waals surface area contributed by atoms with Gasteiger partial charge in [-0.05, 0) is 25.7 Å². The van der Waals surface area contributed by atoms with Gasteiger partial charge in [0.05, 0.1) is 18.1 Å². The first-order valence-electron chi connectivity index (χ1n) is 4.57. The highest BCUT2D eigenvalue weighted by molar-refractivity contribution is 5.02. The molecule has 2 heterocycles. The van der Waals surface area contributed by atoms with Crippen molar-refractivity contribution in [2.75, 3.05) is 0 Å². The summed E-state index contributed by atoms with van der Waals surface area (Å²) in [5, 5.41) is 22.0. The molecular formula is C9H14N2O. The lowest BCUT2D eigenvalue weighted by Gasteiger charge is -2.35. The van der Waals surface area contributed by atoms with E-state index in [2.05, 4.69) is 11.4 Å². The summed E-state index contributed by atoms with van der Waals surface area (Å²) in [6, 6.07) is 2.99. The Balaban J connectivity index is 2.06. The molecule has 2 saturated heterocycles. The van der Waals surface area contributed by atoms with E-state index in [0.717, 1.165) is 12.8 Å². The van der Waals surface area contributed by atoms with Gasteiger partial charge in [-0.2, -0.15) is 5.26 Å². The highest BCUT2D eigenvalue weighted by atomic mass is 16.3. The van der Waals surface area contributed by atoms with Crippen LogP contribution in [0.4, 0.5) is 0 Å². The fraction of sp³-hybridized carbons (Fsp3) is 0.889. The van der Waals surface area contributed by atoms with Crippen molar-refractivity contribution in [2.24, 2.45) is 0 Å². The van der Waals surface area contributed by atoms with Crippen LogP contribution in [0.15, 0.2) is 0 Å². The maximum Gasteiger partial charge on any atom is 0.0806 e. The third kappa shape index (κ3) is 1.33. The largest absolute Gasteiger partial charge is 0.389 e. The number of piperidine rings is 1. The van der Waals surface area contributed by atoms with Gasteiger partial charge in [-0.25, -0.2) is 0 Å². The van der Waals surface area contributed by atoms with Crippen LogP contribution in [0.25, 0.3) is 0 Å². The van der Waals surface area contributed by atoms with Gasteiger partial charge >= 0.3 is 0 Å². The molecule has 2 unspecified atom stereocenters. The second kappa shape index (κ2) is 2.72. The lowest BCUT2D eigenvalue weighted by Crippen LogP contribution is -2.48. The Morgan fingerprint density at radius 3 is 2.50 bits per heavy atom. The van der Waals surface area contributed by atoms with E-state index in [-0.39, 0.29) is 0 Å². The molecule has 2 atom stereocenters. The van der Waals surface area contributed by atoms with Crippen molar-refractivity contribution in [2.45, 2.75) is 49.8 Å². The van der Waals surface area contributed by atoms with Crippen LogP contribution in [-0.4, -0.2) is 22.8 Å². The Morgan fingerprint density at radius 2 is 2.00 bits per heavy atom. The van der Waals surface area contributed by atoms with E-state index in [0.29, 0.717) is 18.5 Å². The molecule has 0 saturated carbocycles. The summed E-state index contributed by atoms with van der Waals surface area (Å²) in [5.74, 6) is 0. The molecule has 2 N–H and O–H groups in total. The number of nitrogens with one attached hydrogen (secondary N) is 1. The number of rotatable bonds is 1. The Morgan fingerprint density at radius 1 is 1.42 bits per heavy atom. The predicted octanol–water partition coefficient (Wildman–Crippen LogP) is 0.546. The summed E-state index contributed by atoms with van der Waals surface area (Å²) in [6.07, 6.45) is 4.15. The van der Waals surface area contributed by atoms with Crippen LogP contribution in [0, 0.1) is 11.3 Å². The average molecular weight is 166 g/mol. The van der Waals surface area contributed by atoms with Crippen LogP contribution in [0.2, 0.25) is 0 Å². The second-order valence-corrected chi connectivity index (χ2v) is 4.11. The molecule has 2 fully saturated rings. The Kier molecular flexibility index (Phi) is 1.82. The Labute approximate surface area is 72.4 Å². The number of nitrogens with zero attached hydrogens (tertiary/aromatic N) is 1. The predicted molar refractivity (Wildman–Crippen MR) is 44.4 cm³/mol. The lowest BCUT2D eigenvalue weighted by molar-refractivity contribution is -0.00220. The van der Waals surface area contributed by atoms with Gasteiger partial charge in [0, 0.05) is 12.1 Å². The van der Waals surface area contributed by atoms with Gasteiger partial charge < -0.3 is 10.4 Å². The molecule has 0 amide bonds. The minimum Gasteiger partial charge on any atom is -0.389 e. The van der Waals surface area contributed by atoms with Crippen LogP contribution in [0.3, 0.4) is 0 Å². The molecule has 3 nitrogen and oxygen atoms in total. The molecular weight excluding hydrogens is 152 g/mol. The van der Waals surface area contributed by atoms with Crippen LogP contribution in [0.1, 0.15) is 32.1 Å². The molecule has 0 spiro atoms. The fourth-order valence-electron chi connectivity index (χ4n) is 2.52. The smallest absolute Gasteiger partial charge is 0.0806 e. The molecule has 0 aromatic rings. The van der Waals surface area contributed by atoms with Crippen molar-refractivity contribution in [3.8, 4) is 6.07 Å². The SMILES string of the molecule is N#CCC1(O)CC2CCC(C1)N2. The molecule has 2 bridgehead atoms. The minimum atomic E-state index is -0.689. The van der Waals surface area contributed by atoms with Gasteiger partial charge in [-0.3, -0.25) is 0 Å². The first-order valence-corrected chi connectivity index (χ1v) is 4.57. The van der Waals surface area contributed by atoms with Crippen LogP contribution in [0.5, 0.6) is 0 Å². The van der Waals surface area contributed by atoms with Crippen molar-refractivity contribution < 1.29 is 5.11 Å². The Bertz CT molecular complexity index is 209. The van der Waals surface area contributed by atoms with E-state index in [1.807, 2.05) is 0 Å². The van der Waals surface area contributed by atoms with E-state index in [1.54, 1.807) is 0 Å². The number of aliphatic hydroxyl groups is 1. The van der Waals surface area contributed by atoms with Crippen LogP contribution in [-0.2, 0) is 0 Å². The van der Waals surface area contributed by atoms with Crippen LogP contribution >= 0.6 is 0 Å². The fourth-order valence-corrected chi connectivity index (χ4v) is 2.52. The molecule has 3 heteroatoms. The maximum absolute atomic E-state index is 9.99. The van der Waals surface area contributed by atoms with Gasteiger partial charge in [0.25, 0.3) is 0 Å². The molecule has 2 aliphatic rings. The van der Waals surface area contributed by atoms with Crippen molar-refractivity contribution in [1.82, 2.24) is 5.32 Å². The zero-order valence-electron chi connectivity index (χ0n) is 7.08. The molecule has 12 heavy (non-hydrogen) atoms. The number of fused-ring (bicyclic) bond motifs is 2. The number of hydrogen-bond donors (Lipinski definition) is 2. The van der Waals surface area contributed by atoms with E-state index < -0.39 is 5.60 Å². The van der Waals surface area contributed by atoms with Gasteiger partial charge in [-0.15, -0.1) is 0 Å². The third-order valence-electron chi connectivity index (χ3n) is 3.00. The standard InChI is InChI=1S/C9H14N2O/c10-4-3-9(12)5-7-1-2-8(6-9)11-7/h7-8,11-12H,1-3,5-6H2. The average Bonchev–Trinajstić information content (AvgIpc) is 2.31. The molecule has 0 aromatic carbocycles. The summed E-state index contributed by atoms with van der Waals surface area (Å²) in [6.45, 7) is 0. The first kappa shape index (κ1) is 8.03. The zero-order chi connectivity index (χ0) is 8.60. The highest BCUT2D eigenvalue weighted by Gasteiger charge is 2.42. The van der Waals surface area contributed by atoms with Gasteiger partial charge in [-0.1, -0.05) is 0 Å². The molecule has 0 aliphatic carbocycles. The number of nitriles is 1. The minimum absolute atomic E-state index is 0.293. The van der Waals surface area contributed by atoms with E-state index in [9.17, 15) is 5.11 Å². The van der Waals surface area contributed by atoms with Crippen molar-refractivity contribution >= 4 is 0 Å². The quantitative estimate of drug-likeness (QED) is 0.598. The number of hydrogen-bond acceptors (Lipinski definition) is 3. The Hall–Kier alpha value is -0.590. The molecule has 2 aliphatic heterocycles. The lowest BCUT2D eigenvalue weighted by atomic mass is 9.85. The summed E-state index contributed by atoms with van der Waals surface area (Å²) in [4.78, 5) is 0. The van der Waals surface area contributed by atoms with Crippen molar-refractivity contribution in [3.63, 3.8) is 0 Å². The summed E-state index contributed by atoms with van der Waals surface area (Å²) < 4.78 is 0. The summed E-state index contributed by atoms with van der Waals surface area (Å²) >= 11 is 0. The summed E-state index contributed by atoms with van der Waals surface area (Å²) in [5.41, 5.74) is -0.689. The first-order chi connectivity index (χ1) is 5.72. The highest BCUT2D eigenvalue weighted by Crippen LogP contribution is 2.35. The van der Waals surface area contributed by atoms with Gasteiger partial charge in [0.2, 0.25) is 0 Å². The molecule has 2 rings (SSSR count). The third-order valence-corrected chi connectivity index (χ3v) is 3.00. The van der Waals surface area contributed by atoms with E-state index in [4.69, 9.17) is 5.26 Å². The zero-order valence-corrected chi connectivity index (χ0v) is 7.08. The molecule has 0 aromatic heterocycles. The normalized spacial score (nSPS) is 45.7. The van der Waals surface area contributed by atoms with Gasteiger partial charge in [0.15, 0.2) is 0 Å². The van der Waals surface area contributed by atoms with Crippen molar-refractivity contribution in [3.05, 3.63) is 0 Å². The monoisotopic (exact) mass is 166 g/mol. The van der Waals surface area contributed by atoms with Crippen molar-refractivity contribution in [1.29, 1.82) is 5.26 Å². The topological polar surface area (TPSA) is 56.0 Å². The maximum atomic E-state index is 9.99. The molecule has 0 radical (unpaired) electrons. The van der Waals surface area contributed by atoms with Crippen LogP contribution < -0.4 is 5.32 Å². The molecule has 66 valence electrons. The summed E-state index contributed by atoms with van der Waals surface area (Å²) in [7, 11) is 0. The van der Waals surface area contributed by atoms with E-state index in [1.165, 1.54) is 12.8 Å². The van der Waals surface area contributed by atoms with Gasteiger partial charge in [0.1, 0.15) is 0 Å². The van der Waals surface area contributed by atoms with E-state index >= 15 is 0 Å². The second-order valence-electron chi connectivity index (χ2n) is 4.11.